The van der Waals surface area contributed by atoms with E-state index in [4.69, 9.17) is 14.4 Å². The summed E-state index contributed by atoms with van der Waals surface area (Å²) in [6, 6.07) is 0. The van der Waals surface area contributed by atoms with Crippen molar-refractivity contribution in [1.29, 1.82) is 0 Å². The maximum absolute atomic E-state index is 12.0. The van der Waals surface area contributed by atoms with E-state index in [9.17, 15) is 23.6 Å². The molecular formula is C12H19N2O10P2+. The van der Waals surface area contributed by atoms with Gasteiger partial charge >= 0.3 is 21.8 Å². The molecule has 1 saturated heterocycles. The SMILES string of the molecule is CCOC1C[C@H](n2cc(C)c(=O)[nH]c2=O)O[C@@H]1COP(=O)(O)O[P+](=O)O. The van der Waals surface area contributed by atoms with Crippen LogP contribution in [0.15, 0.2) is 15.8 Å². The second kappa shape index (κ2) is 8.64. The molecule has 12 nitrogen and oxygen atoms in total. The van der Waals surface area contributed by atoms with Crippen LogP contribution in [0, 0.1) is 6.92 Å². The number of H-pyrrole nitrogens is 1. The number of phosphoric acid groups is 1. The Bertz CT molecular complexity index is 821. The number of phosphoric ester groups is 1. The van der Waals surface area contributed by atoms with Crippen LogP contribution < -0.4 is 11.2 Å². The molecule has 1 aliphatic heterocycles. The fraction of sp³-hybridized carbons (Fsp3) is 0.667. The largest absolute Gasteiger partial charge is 0.705 e. The van der Waals surface area contributed by atoms with E-state index in [-0.39, 0.29) is 6.42 Å². The van der Waals surface area contributed by atoms with Gasteiger partial charge in [-0.2, -0.15) is 0 Å². The van der Waals surface area contributed by atoms with E-state index in [0.29, 0.717) is 12.2 Å². The highest BCUT2D eigenvalue weighted by Gasteiger charge is 2.41. The van der Waals surface area contributed by atoms with E-state index in [1.54, 1.807) is 6.92 Å². The smallest absolute Gasteiger partial charge is 0.376 e. The van der Waals surface area contributed by atoms with E-state index < -0.39 is 52.4 Å². The Morgan fingerprint density at radius 1 is 1.50 bits per heavy atom. The molecule has 0 saturated carbocycles. The van der Waals surface area contributed by atoms with E-state index in [2.05, 4.69) is 13.8 Å². The summed E-state index contributed by atoms with van der Waals surface area (Å²) in [5.74, 6) is 0. The van der Waals surface area contributed by atoms with Crippen LogP contribution in [0.5, 0.6) is 0 Å². The summed E-state index contributed by atoms with van der Waals surface area (Å²) >= 11 is 0. The van der Waals surface area contributed by atoms with Gasteiger partial charge < -0.3 is 9.47 Å². The predicted molar refractivity (Wildman–Crippen MR) is 86.7 cm³/mol. The highest BCUT2D eigenvalue weighted by molar-refractivity contribution is 7.55. The number of ether oxygens (including phenoxy) is 2. The Morgan fingerprint density at radius 3 is 2.81 bits per heavy atom. The first-order valence-corrected chi connectivity index (χ1v) is 10.2. The number of rotatable bonds is 8. The van der Waals surface area contributed by atoms with Crippen LogP contribution in [-0.2, 0) is 27.4 Å². The maximum Gasteiger partial charge on any atom is 0.705 e. The molecule has 0 radical (unpaired) electrons. The molecule has 26 heavy (non-hydrogen) atoms. The quantitative estimate of drug-likeness (QED) is 0.505. The Kier molecular flexibility index (Phi) is 7.00. The minimum Gasteiger partial charge on any atom is -0.376 e. The van der Waals surface area contributed by atoms with Crippen molar-refractivity contribution in [1.82, 2.24) is 9.55 Å². The maximum atomic E-state index is 12.0. The summed E-state index contributed by atoms with van der Waals surface area (Å²) in [5.41, 5.74) is -0.876. The van der Waals surface area contributed by atoms with Crippen LogP contribution in [0.2, 0.25) is 0 Å². The van der Waals surface area contributed by atoms with Crippen LogP contribution in [-0.4, -0.2) is 44.8 Å². The molecule has 3 N–H and O–H groups in total. The number of aromatic nitrogens is 2. The fourth-order valence-corrected chi connectivity index (χ4v) is 3.72. The van der Waals surface area contributed by atoms with Crippen molar-refractivity contribution in [3.8, 4) is 0 Å². The van der Waals surface area contributed by atoms with Gasteiger partial charge in [0.1, 0.15) is 12.3 Å². The molecule has 0 aliphatic carbocycles. The highest BCUT2D eigenvalue weighted by atomic mass is 31.2. The lowest BCUT2D eigenvalue weighted by molar-refractivity contribution is -0.0590. The highest BCUT2D eigenvalue weighted by Crippen LogP contribution is 2.51. The van der Waals surface area contributed by atoms with Crippen LogP contribution in [0.4, 0.5) is 0 Å². The average Bonchev–Trinajstić information content (AvgIpc) is 2.91. The Hall–Kier alpha value is -1.23. The zero-order valence-electron chi connectivity index (χ0n) is 13.9. The van der Waals surface area contributed by atoms with Gasteiger partial charge in [0.15, 0.2) is 0 Å². The number of aryl methyl sites for hydroxylation is 1. The molecule has 0 spiro atoms. The molecule has 0 amide bonds. The van der Waals surface area contributed by atoms with Crippen molar-refractivity contribution in [3.63, 3.8) is 0 Å². The Labute approximate surface area is 148 Å². The lowest BCUT2D eigenvalue weighted by Gasteiger charge is -2.18. The molecule has 1 aromatic rings. The molecule has 5 atom stereocenters. The van der Waals surface area contributed by atoms with Gasteiger partial charge in [-0.25, -0.2) is 9.36 Å². The number of aromatic amines is 1. The normalized spacial score (nSPS) is 25.8. The van der Waals surface area contributed by atoms with Gasteiger partial charge in [0, 0.05) is 29.4 Å². The van der Waals surface area contributed by atoms with E-state index >= 15 is 0 Å². The molecule has 0 aromatic carbocycles. The van der Waals surface area contributed by atoms with Gasteiger partial charge in [-0.1, -0.05) is 0 Å². The first-order chi connectivity index (χ1) is 12.1. The van der Waals surface area contributed by atoms with Crippen molar-refractivity contribution in [2.45, 2.75) is 38.7 Å². The summed E-state index contributed by atoms with van der Waals surface area (Å²) < 4.78 is 42.9. The number of nitrogens with zero attached hydrogens (tertiary/aromatic N) is 1. The minimum absolute atomic E-state index is 0.220. The molecule has 14 heteroatoms. The standard InChI is InChI=1S/C12H18N2O10P2/c1-3-21-8-4-10(14-5-7(2)11(15)13-12(14)16)23-9(8)6-22-26(19,20)24-25(17)18/h5,8-10H,3-4,6H2,1-2H3,(H2-,13,15,16,17,18,19,20)/p+1/t8?,9-,10-/m1/s1. The van der Waals surface area contributed by atoms with E-state index in [1.165, 1.54) is 17.7 Å². The molecule has 146 valence electrons. The van der Waals surface area contributed by atoms with Crippen LogP contribution >= 0.6 is 16.1 Å². The van der Waals surface area contributed by atoms with Gasteiger partial charge in [-0.3, -0.25) is 23.8 Å². The summed E-state index contributed by atoms with van der Waals surface area (Å²) in [5, 5.41) is 0. The molecule has 1 aliphatic rings. The number of hydrogen-bond acceptors (Lipinski definition) is 8. The monoisotopic (exact) mass is 413 g/mol. The van der Waals surface area contributed by atoms with Crippen LogP contribution in [0.1, 0.15) is 25.1 Å². The first-order valence-electron chi connectivity index (χ1n) is 7.55. The lowest BCUT2D eigenvalue weighted by Crippen LogP contribution is -2.33. The Balaban J connectivity index is 2.14. The first kappa shape index (κ1) is 21.1. The summed E-state index contributed by atoms with van der Waals surface area (Å²) in [4.78, 5) is 43.5. The van der Waals surface area contributed by atoms with Crippen LogP contribution in [0.25, 0.3) is 0 Å². The van der Waals surface area contributed by atoms with Crippen molar-refractivity contribution < 1.29 is 37.2 Å². The fourth-order valence-electron chi connectivity index (χ4n) is 2.49. The van der Waals surface area contributed by atoms with E-state index in [0.717, 1.165) is 0 Å². The van der Waals surface area contributed by atoms with Crippen molar-refractivity contribution >= 4 is 16.1 Å². The number of nitrogens with one attached hydrogen (secondary N) is 1. The average molecular weight is 413 g/mol. The molecule has 2 heterocycles. The topological polar surface area (TPSA) is 166 Å². The molecule has 2 rings (SSSR count). The molecule has 1 fully saturated rings. The molecular weight excluding hydrogens is 394 g/mol. The van der Waals surface area contributed by atoms with Crippen molar-refractivity contribution in [2.75, 3.05) is 13.2 Å². The minimum atomic E-state index is -4.75. The van der Waals surface area contributed by atoms with E-state index in [1.807, 2.05) is 0 Å². The zero-order valence-corrected chi connectivity index (χ0v) is 15.7. The van der Waals surface area contributed by atoms with Gasteiger partial charge in [0.25, 0.3) is 5.56 Å². The summed E-state index contributed by atoms with van der Waals surface area (Å²) in [7, 11) is -8.07. The van der Waals surface area contributed by atoms with Crippen molar-refractivity contribution in [2.24, 2.45) is 0 Å². The number of hydrogen-bond donors (Lipinski definition) is 3. The predicted octanol–water partition coefficient (Wildman–Crippen LogP) is 0.321. The third-order valence-electron chi connectivity index (χ3n) is 3.59. The van der Waals surface area contributed by atoms with Crippen molar-refractivity contribution in [3.05, 3.63) is 32.6 Å². The Morgan fingerprint density at radius 2 is 2.19 bits per heavy atom. The second-order valence-electron chi connectivity index (χ2n) is 5.42. The van der Waals surface area contributed by atoms with Gasteiger partial charge in [-0.05, 0) is 18.2 Å². The van der Waals surface area contributed by atoms with Gasteiger partial charge in [0.05, 0.1) is 12.7 Å². The zero-order chi connectivity index (χ0) is 19.5. The molecule has 3 unspecified atom stereocenters. The summed E-state index contributed by atoms with van der Waals surface area (Å²) in [6.07, 6.45) is -0.657. The molecule has 1 aromatic heterocycles. The lowest BCUT2D eigenvalue weighted by atomic mass is 10.2. The second-order valence-corrected chi connectivity index (χ2v) is 7.75. The van der Waals surface area contributed by atoms with Crippen LogP contribution in [0.3, 0.4) is 0 Å². The van der Waals surface area contributed by atoms with Gasteiger partial charge in [0.2, 0.25) is 0 Å². The van der Waals surface area contributed by atoms with Gasteiger partial charge in [-0.15, -0.1) is 4.89 Å². The summed E-state index contributed by atoms with van der Waals surface area (Å²) in [6.45, 7) is 3.10. The third kappa shape index (κ3) is 5.38. The molecule has 0 bridgehead atoms. The third-order valence-corrected chi connectivity index (χ3v) is 5.45.